The van der Waals surface area contributed by atoms with E-state index in [4.69, 9.17) is 16.3 Å². The van der Waals surface area contributed by atoms with Gasteiger partial charge in [0.25, 0.3) is 0 Å². The van der Waals surface area contributed by atoms with E-state index in [0.29, 0.717) is 11.9 Å². The van der Waals surface area contributed by atoms with Gasteiger partial charge in [0.15, 0.2) is 0 Å². The first-order chi connectivity index (χ1) is 28.7. The molecule has 4 heterocycles. The number of hydrogen-bond donors (Lipinski definition) is 0. The van der Waals surface area contributed by atoms with Gasteiger partial charge in [0.2, 0.25) is 5.88 Å². The summed E-state index contributed by atoms with van der Waals surface area (Å²) in [5, 5.41) is 9.16. The average Bonchev–Trinajstić information content (AvgIpc) is 4.01. The Morgan fingerprint density at radius 3 is 1.17 bits per heavy atom. The summed E-state index contributed by atoms with van der Waals surface area (Å²) in [5.74, 6) is 0.450. The highest BCUT2D eigenvalue weighted by molar-refractivity contribution is 6.26. The maximum Gasteiger partial charge on any atom is 0.303 e. The Hall–Kier alpha value is -7.83. The Labute approximate surface area is 333 Å². The third kappa shape index (κ3) is 4.39. The molecule has 12 rings (SSSR count). The molecule has 0 saturated carbocycles. The summed E-state index contributed by atoms with van der Waals surface area (Å²) in [6.07, 6.45) is 0. The zero-order chi connectivity index (χ0) is 38.5. The van der Waals surface area contributed by atoms with Gasteiger partial charge in [-0.05, 0) is 55.1 Å². The lowest BCUT2D eigenvalue weighted by atomic mass is 10.1. The first kappa shape index (κ1) is 32.4. The van der Waals surface area contributed by atoms with Crippen LogP contribution in [-0.2, 0) is 4.74 Å². The molecule has 4 aromatic heterocycles. The highest BCUT2D eigenvalue weighted by Crippen LogP contribution is 2.43. The van der Waals surface area contributed by atoms with Crippen molar-refractivity contribution in [2.75, 3.05) is 7.05 Å². The fraction of sp³-hybridized carbons (Fsp3) is 0.0192. The molecule has 0 aliphatic rings. The second kappa shape index (κ2) is 12.3. The molecule has 274 valence electrons. The third-order valence-corrected chi connectivity index (χ3v) is 11.8. The number of hydrogen-bond acceptors (Lipinski definition) is 2. The van der Waals surface area contributed by atoms with Crippen LogP contribution in [-0.4, -0.2) is 31.3 Å². The van der Waals surface area contributed by atoms with E-state index in [-0.39, 0.29) is 0 Å². The number of aliphatic imine (C=N–C) groups is 1. The van der Waals surface area contributed by atoms with Gasteiger partial charge in [-0.3, -0.25) is 9.13 Å². The minimum atomic E-state index is 0.426. The molecule has 58 heavy (non-hydrogen) atoms. The summed E-state index contributed by atoms with van der Waals surface area (Å²) >= 11 is 0. The smallest absolute Gasteiger partial charge is 0.303 e. The number of aromatic nitrogens is 4. The van der Waals surface area contributed by atoms with Gasteiger partial charge >= 0.3 is 6.02 Å². The van der Waals surface area contributed by atoms with E-state index < -0.39 is 0 Å². The number of fused-ring (bicyclic) bond motifs is 14. The van der Waals surface area contributed by atoms with E-state index in [9.17, 15) is 0 Å². The SMILES string of the molecule is C=C(OC(=NC)n1c2ccccc2c2ccc3c4ccccc4n(-c4ccccc4)c3c21)n1c2ccccc2c2ccc3c4ccccc4n(-c4ccccc4)c3c21. The van der Waals surface area contributed by atoms with Crippen LogP contribution in [0.25, 0.3) is 104 Å². The van der Waals surface area contributed by atoms with Crippen molar-refractivity contribution in [2.45, 2.75) is 0 Å². The van der Waals surface area contributed by atoms with Crippen LogP contribution in [0.2, 0.25) is 0 Å². The summed E-state index contributed by atoms with van der Waals surface area (Å²) in [5.41, 5.74) is 10.7. The van der Waals surface area contributed by atoms with Gasteiger partial charge in [0.05, 0.1) is 44.1 Å². The van der Waals surface area contributed by atoms with E-state index >= 15 is 0 Å². The van der Waals surface area contributed by atoms with Crippen LogP contribution >= 0.6 is 0 Å². The third-order valence-electron chi connectivity index (χ3n) is 11.8. The Bertz CT molecular complexity index is 3670. The maximum atomic E-state index is 7.12. The summed E-state index contributed by atoms with van der Waals surface area (Å²) < 4.78 is 16.2. The van der Waals surface area contributed by atoms with Crippen molar-refractivity contribution in [1.29, 1.82) is 0 Å². The fourth-order valence-corrected chi connectivity index (χ4v) is 9.49. The van der Waals surface area contributed by atoms with E-state index in [2.05, 4.69) is 200 Å². The summed E-state index contributed by atoms with van der Waals surface area (Å²) in [6, 6.07) is 64.9. The van der Waals surface area contributed by atoms with Gasteiger partial charge in [-0.1, -0.05) is 133 Å². The predicted octanol–water partition coefficient (Wildman–Crippen LogP) is 13.1. The van der Waals surface area contributed by atoms with E-state index in [1.165, 1.54) is 10.8 Å². The molecule has 0 bridgehead atoms. The van der Waals surface area contributed by atoms with Gasteiger partial charge in [-0.15, -0.1) is 0 Å². The number of ether oxygens (including phenoxy) is 1. The van der Waals surface area contributed by atoms with Gasteiger partial charge < -0.3 is 13.9 Å². The fourth-order valence-electron chi connectivity index (χ4n) is 9.49. The Morgan fingerprint density at radius 1 is 0.379 bits per heavy atom. The molecular weight excluding hydrogens is 711 g/mol. The van der Waals surface area contributed by atoms with E-state index in [1.54, 1.807) is 7.05 Å². The molecule has 0 atom stereocenters. The van der Waals surface area contributed by atoms with Gasteiger partial charge in [-0.25, -0.2) is 4.99 Å². The van der Waals surface area contributed by atoms with Crippen LogP contribution in [0.15, 0.2) is 194 Å². The van der Waals surface area contributed by atoms with Crippen LogP contribution in [0.4, 0.5) is 0 Å². The monoisotopic (exact) mass is 745 g/mol. The first-order valence-corrected chi connectivity index (χ1v) is 19.6. The Kier molecular flexibility index (Phi) is 6.89. The Morgan fingerprint density at radius 2 is 0.724 bits per heavy atom. The molecule has 0 saturated heterocycles. The molecule has 6 nitrogen and oxygen atoms in total. The molecule has 0 fully saturated rings. The Balaban J connectivity index is 1.15. The van der Waals surface area contributed by atoms with Crippen LogP contribution in [0, 0.1) is 0 Å². The quantitative estimate of drug-likeness (QED) is 0.100. The first-order valence-electron chi connectivity index (χ1n) is 19.6. The van der Waals surface area contributed by atoms with Crippen LogP contribution in [0.5, 0.6) is 0 Å². The zero-order valence-corrected chi connectivity index (χ0v) is 31.7. The largest absolute Gasteiger partial charge is 0.409 e. The van der Waals surface area contributed by atoms with Crippen molar-refractivity contribution in [3.63, 3.8) is 0 Å². The van der Waals surface area contributed by atoms with Crippen LogP contribution in [0.1, 0.15) is 0 Å². The summed E-state index contributed by atoms with van der Waals surface area (Å²) in [6.45, 7) is 4.71. The second-order valence-corrected chi connectivity index (χ2v) is 14.8. The van der Waals surface area contributed by atoms with Crippen molar-refractivity contribution >= 4 is 99.1 Å². The molecule has 0 amide bonds. The van der Waals surface area contributed by atoms with Gasteiger partial charge in [0.1, 0.15) is 0 Å². The number of benzene rings is 8. The van der Waals surface area contributed by atoms with E-state index in [1.807, 2.05) is 0 Å². The topological polar surface area (TPSA) is 41.3 Å². The van der Waals surface area contributed by atoms with Crippen molar-refractivity contribution in [3.05, 3.63) is 189 Å². The maximum absolute atomic E-state index is 7.12. The number of para-hydroxylation sites is 6. The molecule has 0 spiro atoms. The molecule has 6 heteroatoms. The van der Waals surface area contributed by atoms with Crippen molar-refractivity contribution in [1.82, 2.24) is 18.3 Å². The van der Waals surface area contributed by atoms with Crippen LogP contribution < -0.4 is 0 Å². The average molecular weight is 746 g/mol. The van der Waals surface area contributed by atoms with Crippen molar-refractivity contribution in [3.8, 4) is 11.4 Å². The molecule has 0 aliphatic heterocycles. The van der Waals surface area contributed by atoms with E-state index in [0.717, 1.165) is 87.8 Å². The molecule has 0 aliphatic carbocycles. The molecular formula is C52H35N5O. The summed E-state index contributed by atoms with van der Waals surface area (Å²) in [7, 11) is 1.80. The van der Waals surface area contributed by atoms with Gasteiger partial charge in [-0.2, -0.15) is 0 Å². The lowest BCUT2D eigenvalue weighted by Gasteiger charge is -2.18. The molecule has 12 aromatic rings. The van der Waals surface area contributed by atoms with Crippen molar-refractivity contribution in [2.24, 2.45) is 4.99 Å². The minimum absolute atomic E-state index is 0.426. The normalized spacial score (nSPS) is 12.4. The molecule has 8 aromatic carbocycles. The molecule has 0 unspecified atom stereocenters. The highest BCUT2D eigenvalue weighted by Gasteiger charge is 2.26. The molecule has 0 N–H and O–H groups in total. The summed E-state index contributed by atoms with van der Waals surface area (Å²) in [4.78, 5) is 4.93. The number of rotatable bonds is 4. The van der Waals surface area contributed by atoms with Crippen LogP contribution in [0.3, 0.4) is 0 Å². The number of nitrogens with zero attached hydrogens (tertiary/aromatic N) is 5. The zero-order valence-electron chi connectivity index (χ0n) is 31.7. The lowest BCUT2D eigenvalue weighted by molar-refractivity contribution is 0.460. The lowest BCUT2D eigenvalue weighted by Crippen LogP contribution is -2.17. The molecule has 0 radical (unpaired) electrons. The van der Waals surface area contributed by atoms with Gasteiger partial charge in [0, 0.05) is 61.5 Å². The standard InChI is InChI=1S/C52H35N5O/c1-33(54-44-25-13-9-21-36(44)40-29-30-41-37-22-10-14-26-45(37)55(49(41)48(40)54)34-17-5-3-6-18-34)58-52(53-2)57-47-28-16-12-24-39(47)43-32-31-42-38-23-11-15-27-46(38)56(50(42)51(43)57)35-19-7-4-8-20-35/h3-32H,1H2,2H3. The minimum Gasteiger partial charge on any atom is -0.409 e. The van der Waals surface area contributed by atoms with Crippen molar-refractivity contribution < 1.29 is 4.74 Å². The highest BCUT2D eigenvalue weighted by atomic mass is 16.5. The predicted molar refractivity (Wildman–Crippen MR) is 243 cm³/mol. The second-order valence-electron chi connectivity index (χ2n) is 14.8.